The maximum atomic E-state index is 4.56. The molecule has 1 saturated heterocycles. The van der Waals surface area contributed by atoms with Crippen LogP contribution in [0.2, 0.25) is 0 Å². The van der Waals surface area contributed by atoms with Crippen LogP contribution < -0.4 is 5.32 Å². The summed E-state index contributed by atoms with van der Waals surface area (Å²) in [4.78, 5) is 7.22. The van der Waals surface area contributed by atoms with Gasteiger partial charge in [0.15, 0.2) is 0 Å². The number of aromatic nitrogens is 1. The smallest absolute Gasteiger partial charge is 0.0940 e. The van der Waals surface area contributed by atoms with E-state index >= 15 is 0 Å². The number of nitrogens with one attached hydrogen (secondary N) is 1. The van der Waals surface area contributed by atoms with Crippen LogP contribution in [0.3, 0.4) is 0 Å². The van der Waals surface area contributed by atoms with E-state index in [0.29, 0.717) is 12.1 Å². The second kappa shape index (κ2) is 6.64. The molecule has 0 spiro atoms. The van der Waals surface area contributed by atoms with Crippen LogP contribution in [0.4, 0.5) is 0 Å². The van der Waals surface area contributed by atoms with Gasteiger partial charge in [-0.1, -0.05) is 13.8 Å². The van der Waals surface area contributed by atoms with Gasteiger partial charge in [0.05, 0.1) is 5.01 Å². The van der Waals surface area contributed by atoms with Gasteiger partial charge < -0.3 is 5.32 Å². The van der Waals surface area contributed by atoms with Crippen molar-refractivity contribution in [3.8, 4) is 0 Å². The predicted molar refractivity (Wildman–Crippen MR) is 78.3 cm³/mol. The Morgan fingerprint density at radius 1 is 1.44 bits per heavy atom. The third kappa shape index (κ3) is 3.53. The van der Waals surface area contributed by atoms with Crippen LogP contribution in [0, 0.1) is 6.92 Å². The fourth-order valence-corrected chi connectivity index (χ4v) is 3.40. The van der Waals surface area contributed by atoms with E-state index in [9.17, 15) is 0 Å². The molecule has 1 fully saturated rings. The van der Waals surface area contributed by atoms with Crippen LogP contribution in [-0.4, -0.2) is 41.6 Å². The van der Waals surface area contributed by atoms with Crippen molar-refractivity contribution in [2.45, 2.75) is 52.1 Å². The van der Waals surface area contributed by atoms with Gasteiger partial charge in [0.1, 0.15) is 0 Å². The third-order valence-corrected chi connectivity index (χ3v) is 4.88. The maximum absolute atomic E-state index is 4.56. The first-order valence-electron chi connectivity index (χ1n) is 7.11. The Hall–Kier alpha value is -0.450. The Balaban J connectivity index is 1.88. The van der Waals surface area contributed by atoms with E-state index < -0.39 is 0 Å². The monoisotopic (exact) mass is 267 g/mol. The average Bonchev–Trinajstić information content (AvgIpc) is 2.81. The van der Waals surface area contributed by atoms with Gasteiger partial charge in [0, 0.05) is 49.2 Å². The van der Waals surface area contributed by atoms with Crippen molar-refractivity contribution in [3.63, 3.8) is 0 Å². The molecule has 1 aliphatic rings. The van der Waals surface area contributed by atoms with E-state index in [0.717, 1.165) is 25.2 Å². The van der Waals surface area contributed by atoms with Crippen LogP contribution in [0.1, 0.15) is 37.4 Å². The standard InChI is InChI=1S/C14H25N3S/c1-4-12-9-17(13(5-2)8-15-12)7-6-14-16-11(3)10-18-14/h10,12-13,15H,4-9H2,1-3H3. The molecule has 102 valence electrons. The molecule has 0 aromatic carbocycles. The number of nitrogens with zero attached hydrogens (tertiary/aromatic N) is 2. The van der Waals surface area contributed by atoms with E-state index in [1.54, 1.807) is 11.3 Å². The molecule has 2 atom stereocenters. The molecule has 1 aromatic rings. The van der Waals surface area contributed by atoms with Crippen LogP contribution in [0.25, 0.3) is 0 Å². The normalized spacial score (nSPS) is 25.5. The minimum Gasteiger partial charge on any atom is -0.311 e. The summed E-state index contributed by atoms with van der Waals surface area (Å²) >= 11 is 1.80. The lowest BCUT2D eigenvalue weighted by atomic mass is 10.1. The Labute approximate surface area is 115 Å². The van der Waals surface area contributed by atoms with Crippen molar-refractivity contribution in [3.05, 3.63) is 16.1 Å². The minimum atomic E-state index is 0.672. The van der Waals surface area contributed by atoms with Crippen molar-refractivity contribution >= 4 is 11.3 Å². The zero-order chi connectivity index (χ0) is 13.0. The molecule has 2 rings (SSSR count). The van der Waals surface area contributed by atoms with Gasteiger partial charge in [-0.25, -0.2) is 4.98 Å². The van der Waals surface area contributed by atoms with Gasteiger partial charge in [-0.05, 0) is 19.8 Å². The molecule has 0 amide bonds. The summed E-state index contributed by atoms with van der Waals surface area (Å²) in [6, 6.07) is 1.37. The summed E-state index contributed by atoms with van der Waals surface area (Å²) in [5.74, 6) is 0. The fraction of sp³-hybridized carbons (Fsp3) is 0.786. The first kappa shape index (κ1) is 14.0. The highest BCUT2D eigenvalue weighted by Gasteiger charge is 2.25. The molecule has 4 heteroatoms. The molecule has 1 aliphatic heterocycles. The summed E-state index contributed by atoms with van der Waals surface area (Å²) in [6.45, 7) is 10.1. The molecule has 1 aromatic heterocycles. The van der Waals surface area contributed by atoms with Crippen molar-refractivity contribution < 1.29 is 0 Å². The van der Waals surface area contributed by atoms with E-state index in [2.05, 4.69) is 41.4 Å². The molecule has 2 heterocycles. The first-order valence-corrected chi connectivity index (χ1v) is 7.99. The zero-order valence-corrected chi connectivity index (χ0v) is 12.6. The summed E-state index contributed by atoms with van der Waals surface area (Å²) in [5.41, 5.74) is 1.16. The van der Waals surface area contributed by atoms with Crippen molar-refractivity contribution in [1.29, 1.82) is 0 Å². The third-order valence-electron chi connectivity index (χ3n) is 3.86. The Kier molecular flexibility index (Phi) is 5.15. The van der Waals surface area contributed by atoms with Gasteiger partial charge in [0.2, 0.25) is 0 Å². The largest absolute Gasteiger partial charge is 0.311 e. The van der Waals surface area contributed by atoms with Gasteiger partial charge >= 0.3 is 0 Å². The Morgan fingerprint density at radius 2 is 2.28 bits per heavy atom. The number of hydrogen-bond acceptors (Lipinski definition) is 4. The highest BCUT2D eigenvalue weighted by atomic mass is 32.1. The molecule has 0 saturated carbocycles. The number of hydrogen-bond donors (Lipinski definition) is 1. The van der Waals surface area contributed by atoms with E-state index in [1.807, 2.05) is 0 Å². The van der Waals surface area contributed by atoms with Crippen LogP contribution in [0.5, 0.6) is 0 Å². The molecule has 0 bridgehead atoms. The number of rotatable bonds is 5. The maximum Gasteiger partial charge on any atom is 0.0940 e. The van der Waals surface area contributed by atoms with Crippen LogP contribution in [0.15, 0.2) is 5.38 Å². The molecule has 0 radical (unpaired) electrons. The van der Waals surface area contributed by atoms with Gasteiger partial charge in [-0.2, -0.15) is 0 Å². The molecular formula is C14H25N3S. The molecular weight excluding hydrogens is 242 g/mol. The van der Waals surface area contributed by atoms with Crippen molar-refractivity contribution in [1.82, 2.24) is 15.2 Å². The lowest BCUT2D eigenvalue weighted by molar-refractivity contribution is 0.126. The Morgan fingerprint density at radius 3 is 2.89 bits per heavy atom. The number of aryl methyl sites for hydroxylation is 1. The number of thiazole rings is 1. The van der Waals surface area contributed by atoms with E-state index in [1.165, 1.54) is 24.4 Å². The molecule has 18 heavy (non-hydrogen) atoms. The molecule has 2 unspecified atom stereocenters. The Bertz CT molecular complexity index is 364. The molecule has 1 N–H and O–H groups in total. The lowest BCUT2D eigenvalue weighted by Crippen LogP contribution is -2.56. The zero-order valence-electron chi connectivity index (χ0n) is 11.8. The molecule has 3 nitrogen and oxygen atoms in total. The number of piperazine rings is 1. The van der Waals surface area contributed by atoms with Gasteiger partial charge in [-0.15, -0.1) is 11.3 Å². The quantitative estimate of drug-likeness (QED) is 0.888. The SMILES string of the molecule is CCC1CN(CCc2nc(C)cs2)C(CC)CN1. The first-order chi connectivity index (χ1) is 8.72. The summed E-state index contributed by atoms with van der Waals surface area (Å²) in [7, 11) is 0. The van der Waals surface area contributed by atoms with E-state index in [4.69, 9.17) is 0 Å². The van der Waals surface area contributed by atoms with E-state index in [-0.39, 0.29) is 0 Å². The second-order valence-corrected chi connectivity index (χ2v) is 6.15. The van der Waals surface area contributed by atoms with Crippen LogP contribution >= 0.6 is 11.3 Å². The minimum absolute atomic E-state index is 0.672. The fourth-order valence-electron chi connectivity index (χ4n) is 2.64. The predicted octanol–water partition coefficient (Wildman–Crippen LogP) is 2.46. The average molecular weight is 267 g/mol. The lowest BCUT2D eigenvalue weighted by Gasteiger charge is -2.39. The highest BCUT2D eigenvalue weighted by Crippen LogP contribution is 2.15. The van der Waals surface area contributed by atoms with Gasteiger partial charge in [-0.3, -0.25) is 4.90 Å². The topological polar surface area (TPSA) is 28.2 Å². The second-order valence-electron chi connectivity index (χ2n) is 5.20. The summed E-state index contributed by atoms with van der Waals surface area (Å²) < 4.78 is 0. The summed E-state index contributed by atoms with van der Waals surface area (Å²) in [6.07, 6.45) is 3.56. The van der Waals surface area contributed by atoms with Gasteiger partial charge in [0.25, 0.3) is 0 Å². The van der Waals surface area contributed by atoms with Crippen molar-refractivity contribution in [2.24, 2.45) is 0 Å². The van der Waals surface area contributed by atoms with Crippen molar-refractivity contribution in [2.75, 3.05) is 19.6 Å². The highest BCUT2D eigenvalue weighted by molar-refractivity contribution is 7.09. The summed E-state index contributed by atoms with van der Waals surface area (Å²) in [5, 5.41) is 7.09. The van der Waals surface area contributed by atoms with Crippen LogP contribution in [-0.2, 0) is 6.42 Å². The molecule has 0 aliphatic carbocycles.